The van der Waals surface area contributed by atoms with Crippen molar-refractivity contribution in [3.63, 3.8) is 0 Å². The van der Waals surface area contributed by atoms with Gasteiger partial charge in [0.15, 0.2) is 0 Å². The maximum Gasteiger partial charge on any atom is 0.444 e. The fraction of sp³-hybridized carbons (Fsp3) is 0.391. The second-order valence-corrected chi connectivity index (χ2v) is 11.9. The number of likely N-dealkylation sites (N-methyl/N-ethyl adjacent to an activating group) is 2. The lowest BCUT2D eigenvalue weighted by Crippen LogP contribution is -2.54. The van der Waals surface area contributed by atoms with E-state index in [0.717, 1.165) is 5.56 Å². The Balaban J connectivity index is 1.90. The number of rotatable bonds is 6. The van der Waals surface area contributed by atoms with Crippen molar-refractivity contribution in [3.05, 3.63) is 66.2 Å². The van der Waals surface area contributed by atoms with Crippen LogP contribution in [0.15, 0.2) is 60.7 Å². The van der Waals surface area contributed by atoms with Crippen molar-refractivity contribution in [1.29, 1.82) is 0 Å². The number of amides is 2. The molecule has 10 heteroatoms. The Hall–Kier alpha value is -2.87. The number of nitrogens with zero attached hydrogens (tertiary/aromatic N) is 3. The standard InChI is InChI=1S/C23H32N5O4P/c1-23(2,3)32-21(29)24-28(20-14-10-7-11-15-20)33(26(4)16-17-27(33)5)25-22(30)31-18-19-12-8-6-9-13-19/h6-15H,16-18H2,1-5H3,(H-,24,25,29,30)/p+1. The predicted octanol–water partition coefficient (Wildman–Crippen LogP) is 4.41. The van der Waals surface area contributed by atoms with Gasteiger partial charge in [0.1, 0.15) is 17.9 Å². The number of nitrogens with one attached hydrogen (secondary N) is 2. The molecule has 0 bridgehead atoms. The van der Waals surface area contributed by atoms with Crippen molar-refractivity contribution in [2.24, 2.45) is 0 Å². The number of ether oxygens (including phenoxy) is 2. The second kappa shape index (κ2) is 10.4. The Bertz CT molecular complexity index is 929. The Morgan fingerprint density at radius 3 is 2.03 bits per heavy atom. The molecule has 2 N–H and O–H groups in total. The summed E-state index contributed by atoms with van der Waals surface area (Å²) in [7, 11) is 1.04. The van der Waals surface area contributed by atoms with Crippen LogP contribution in [0.5, 0.6) is 0 Å². The van der Waals surface area contributed by atoms with Gasteiger partial charge in [0, 0.05) is 14.1 Å². The summed E-state index contributed by atoms with van der Waals surface area (Å²) in [5.74, 6) is 0. The van der Waals surface area contributed by atoms with Crippen LogP contribution < -0.4 is 15.3 Å². The summed E-state index contributed by atoms with van der Waals surface area (Å²) in [6.45, 7) is 6.95. The normalized spacial score (nSPS) is 16.2. The van der Waals surface area contributed by atoms with E-state index in [1.54, 1.807) is 25.6 Å². The summed E-state index contributed by atoms with van der Waals surface area (Å²) in [5.41, 5.74) is 3.81. The fourth-order valence-electron chi connectivity index (χ4n) is 3.48. The van der Waals surface area contributed by atoms with E-state index in [4.69, 9.17) is 9.47 Å². The van der Waals surface area contributed by atoms with Crippen LogP contribution >= 0.6 is 7.87 Å². The van der Waals surface area contributed by atoms with Crippen molar-refractivity contribution in [2.75, 3.05) is 32.0 Å². The van der Waals surface area contributed by atoms with Crippen molar-refractivity contribution in [1.82, 2.24) is 19.9 Å². The average Bonchev–Trinajstić information content (AvgIpc) is 3.05. The quantitative estimate of drug-likeness (QED) is 0.474. The topological polar surface area (TPSA) is 86.4 Å². The lowest BCUT2D eigenvalue weighted by atomic mass is 10.2. The molecule has 1 aliphatic heterocycles. The number of hydrazine groups is 1. The van der Waals surface area contributed by atoms with E-state index < -0.39 is 25.7 Å². The highest BCUT2D eigenvalue weighted by molar-refractivity contribution is 7.71. The monoisotopic (exact) mass is 474 g/mol. The van der Waals surface area contributed by atoms with Crippen molar-refractivity contribution >= 4 is 25.7 Å². The molecule has 2 aromatic carbocycles. The van der Waals surface area contributed by atoms with E-state index in [2.05, 4.69) is 10.5 Å². The molecule has 0 radical (unpaired) electrons. The average molecular weight is 475 g/mol. The van der Waals surface area contributed by atoms with Crippen molar-refractivity contribution in [2.45, 2.75) is 33.0 Å². The van der Waals surface area contributed by atoms with Gasteiger partial charge in [-0.1, -0.05) is 53.3 Å². The Labute approximate surface area is 196 Å². The molecule has 0 aliphatic carbocycles. The number of carbonyl (C=O) groups is 2. The minimum Gasteiger partial charge on any atom is -0.443 e. The molecule has 2 amide bonds. The Kier molecular flexibility index (Phi) is 7.79. The van der Waals surface area contributed by atoms with Crippen LogP contribution in [0.1, 0.15) is 26.3 Å². The highest BCUT2D eigenvalue weighted by atomic mass is 31.2. The van der Waals surface area contributed by atoms with Gasteiger partial charge in [-0.15, -0.1) is 14.4 Å². The number of anilines is 1. The van der Waals surface area contributed by atoms with E-state index in [-0.39, 0.29) is 6.61 Å². The maximum absolute atomic E-state index is 13.0. The zero-order valence-electron chi connectivity index (χ0n) is 19.8. The van der Waals surface area contributed by atoms with E-state index in [9.17, 15) is 9.59 Å². The lowest BCUT2D eigenvalue weighted by molar-refractivity contribution is 0.0529. The molecule has 0 atom stereocenters. The smallest absolute Gasteiger partial charge is 0.443 e. The minimum absolute atomic E-state index is 0.144. The van der Waals surface area contributed by atoms with Crippen LogP contribution in [-0.2, 0) is 16.1 Å². The molecular weight excluding hydrogens is 441 g/mol. The van der Waals surface area contributed by atoms with Crippen LogP contribution in [0.25, 0.3) is 0 Å². The van der Waals surface area contributed by atoms with Crippen LogP contribution in [0, 0.1) is 0 Å². The summed E-state index contributed by atoms with van der Waals surface area (Å²) < 4.78 is 16.8. The lowest BCUT2D eigenvalue weighted by Gasteiger charge is -2.39. The zero-order valence-corrected chi connectivity index (χ0v) is 20.7. The molecule has 1 fully saturated rings. The van der Waals surface area contributed by atoms with E-state index in [1.165, 1.54) is 0 Å². The summed E-state index contributed by atoms with van der Waals surface area (Å²) in [6.07, 6.45) is -1.18. The molecule has 1 aliphatic rings. The van der Waals surface area contributed by atoms with Gasteiger partial charge in [0.2, 0.25) is 0 Å². The SMILES string of the molecule is CN1CCN(C)[P+]1(NC(=O)OCc1ccccc1)N(NC(=O)OC(C)(C)C)c1ccccc1. The summed E-state index contributed by atoms with van der Waals surface area (Å²) in [5, 5.41) is 3.09. The van der Waals surface area contributed by atoms with Gasteiger partial charge in [0.05, 0.1) is 13.1 Å². The highest BCUT2D eigenvalue weighted by Gasteiger charge is 2.62. The molecular formula is C23H33N5O4P+. The molecule has 2 aromatic rings. The molecule has 1 heterocycles. The van der Waals surface area contributed by atoms with Gasteiger partial charge in [-0.2, -0.15) is 5.43 Å². The van der Waals surface area contributed by atoms with Crippen molar-refractivity contribution < 1.29 is 19.1 Å². The zero-order chi connectivity index (χ0) is 24.1. The Morgan fingerprint density at radius 2 is 1.48 bits per heavy atom. The summed E-state index contributed by atoms with van der Waals surface area (Å²) in [4.78, 5) is 25.8. The third-order valence-electron chi connectivity index (χ3n) is 5.03. The largest absolute Gasteiger partial charge is 0.444 e. The third kappa shape index (κ3) is 6.13. The number of carbonyl (C=O) groups excluding carboxylic acids is 2. The van der Waals surface area contributed by atoms with E-state index in [1.807, 2.05) is 84.1 Å². The molecule has 0 aromatic heterocycles. The van der Waals surface area contributed by atoms with E-state index in [0.29, 0.717) is 18.8 Å². The number of para-hydroxylation sites is 1. The van der Waals surface area contributed by atoms with Crippen LogP contribution in [0.2, 0.25) is 0 Å². The Morgan fingerprint density at radius 1 is 0.939 bits per heavy atom. The summed E-state index contributed by atoms with van der Waals surface area (Å²) >= 11 is 0. The molecule has 9 nitrogen and oxygen atoms in total. The number of hydrogen-bond donors (Lipinski definition) is 2. The van der Waals surface area contributed by atoms with E-state index >= 15 is 0 Å². The van der Waals surface area contributed by atoms with Gasteiger partial charge in [0.25, 0.3) is 0 Å². The van der Waals surface area contributed by atoms with Gasteiger partial charge in [-0.3, -0.25) is 0 Å². The van der Waals surface area contributed by atoms with Gasteiger partial charge in [-0.05, 0) is 38.5 Å². The maximum atomic E-state index is 13.0. The van der Waals surface area contributed by atoms with Gasteiger partial charge in [-0.25, -0.2) is 9.59 Å². The number of hydrogen-bond acceptors (Lipinski definition) is 7. The minimum atomic E-state index is -2.79. The molecule has 3 rings (SSSR count). The number of benzene rings is 2. The van der Waals surface area contributed by atoms with Gasteiger partial charge < -0.3 is 9.47 Å². The van der Waals surface area contributed by atoms with Crippen LogP contribution in [0.4, 0.5) is 15.3 Å². The first-order chi connectivity index (χ1) is 15.6. The van der Waals surface area contributed by atoms with Crippen LogP contribution in [0.3, 0.4) is 0 Å². The first-order valence-electron chi connectivity index (χ1n) is 10.8. The molecule has 0 spiro atoms. The first-order valence-corrected chi connectivity index (χ1v) is 12.4. The molecule has 0 saturated carbocycles. The van der Waals surface area contributed by atoms with Gasteiger partial charge >= 0.3 is 20.1 Å². The molecule has 33 heavy (non-hydrogen) atoms. The third-order valence-corrected chi connectivity index (χ3v) is 8.70. The predicted molar refractivity (Wildman–Crippen MR) is 130 cm³/mol. The summed E-state index contributed by atoms with van der Waals surface area (Å²) in [6, 6.07) is 18.9. The second-order valence-electron chi connectivity index (χ2n) is 8.77. The van der Waals surface area contributed by atoms with Crippen molar-refractivity contribution in [3.8, 4) is 0 Å². The fourth-order valence-corrected chi connectivity index (χ4v) is 6.78. The highest BCUT2D eigenvalue weighted by Crippen LogP contribution is 2.65. The molecule has 178 valence electrons. The first kappa shape index (κ1) is 24.8. The molecule has 0 unspecified atom stereocenters. The van der Waals surface area contributed by atoms with Crippen LogP contribution in [-0.4, -0.2) is 54.3 Å². The molecule has 1 saturated heterocycles.